The lowest BCUT2D eigenvalue weighted by atomic mass is 9.92. The van der Waals surface area contributed by atoms with Gasteiger partial charge in [-0.1, -0.05) is 12.1 Å². The number of nitrogens with one attached hydrogen (secondary N) is 1. The van der Waals surface area contributed by atoms with Crippen LogP contribution in [0.3, 0.4) is 0 Å². The predicted octanol–water partition coefficient (Wildman–Crippen LogP) is 2.69. The molecular weight excluding hydrogens is 322 g/mol. The van der Waals surface area contributed by atoms with Crippen molar-refractivity contribution in [2.45, 2.75) is 37.1 Å². The molecule has 1 N–H and O–H groups in total. The van der Waals surface area contributed by atoms with Gasteiger partial charge in [-0.05, 0) is 61.1 Å². The molecule has 5 nitrogen and oxygen atoms in total. The first kappa shape index (κ1) is 15.4. The molecule has 124 valence electrons. The van der Waals surface area contributed by atoms with Gasteiger partial charge in [0.2, 0.25) is 10.0 Å². The summed E-state index contributed by atoms with van der Waals surface area (Å²) in [5, 5.41) is 4.23. The summed E-state index contributed by atoms with van der Waals surface area (Å²) in [6, 6.07) is 11.2. The molecular formula is C18H19N3O2S. The topological polar surface area (TPSA) is 63.5 Å². The third-order valence-corrected chi connectivity index (χ3v) is 5.99. The number of hydrogen-bond acceptors (Lipinski definition) is 3. The Morgan fingerprint density at radius 3 is 2.79 bits per heavy atom. The van der Waals surface area contributed by atoms with E-state index in [4.69, 9.17) is 0 Å². The fourth-order valence-corrected chi connectivity index (χ4v) is 4.31. The van der Waals surface area contributed by atoms with Gasteiger partial charge in [-0.15, -0.1) is 0 Å². The number of fused-ring (bicyclic) bond motifs is 2. The van der Waals surface area contributed by atoms with Crippen LogP contribution in [-0.2, 0) is 29.4 Å². The number of rotatable bonds is 4. The normalized spacial score (nSPS) is 14.7. The molecule has 0 spiro atoms. The van der Waals surface area contributed by atoms with E-state index in [1.807, 2.05) is 36.5 Å². The first-order chi connectivity index (χ1) is 11.6. The maximum Gasteiger partial charge on any atom is 0.240 e. The van der Waals surface area contributed by atoms with Gasteiger partial charge in [-0.2, -0.15) is 5.10 Å². The van der Waals surface area contributed by atoms with Crippen LogP contribution in [0.2, 0.25) is 0 Å². The third kappa shape index (κ3) is 2.83. The highest BCUT2D eigenvalue weighted by atomic mass is 32.2. The number of sulfonamides is 1. The Hall–Kier alpha value is -2.18. The Labute approximate surface area is 141 Å². The lowest BCUT2D eigenvalue weighted by Gasteiger charge is -2.16. The smallest absolute Gasteiger partial charge is 0.240 e. The molecule has 0 fully saturated rings. The van der Waals surface area contributed by atoms with E-state index in [1.54, 1.807) is 16.8 Å². The van der Waals surface area contributed by atoms with Crippen molar-refractivity contribution in [1.82, 2.24) is 14.3 Å². The highest BCUT2D eigenvalue weighted by molar-refractivity contribution is 7.89. The number of benzene rings is 1. The van der Waals surface area contributed by atoms with Crippen LogP contribution in [0.5, 0.6) is 0 Å². The minimum Gasteiger partial charge on any atom is -0.241 e. The Bertz CT molecular complexity index is 992. The minimum atomic E-state index is -3.53. The molecule has 0 saturated carbocycles. The van der Waals surface area contributed by atoms with Crippen molar-refractivity contribution in [3.8, 4) is 0 Å². The van der Waals surface area contributed by atoms with E-state index < -0.39 is 10.0 Å². The summed E-state index contributed by atoms with van der Waals surface area (Å²) in [4.78, 5) is 0.347. The zero-order valence-electron chi connectivity index (χ0n) is 13.3. The molecule has 0 saturated heterocycles. The number of pyridine rings is 1. The molecule has 1 aliphatic carbocycles. The molecule has 4 rings (SSSR count). The maximum atomic E-state index is 12.6. The van der Waals surface area contributed by atoms with Crippen molar-refractivity contribution in [2.75, 3.05) is 0 Å². The van der Waals surface area contributed by atoms with Gasteiger partial charge in [0, 0.05) is 18.3 Å². The third-order valence-electron chi connectivity index (χ3n) is 4.59. The van der Waals surface area contributed by atoms with E-state index in [0.717, 1.165) is 30.3 Å². The molecule has 2 aromatic heterocycles. The van der Waals surface area contributed by atoms with Gasteiger partial charge in [0.05, 0.1) is 16.6 Å². The van der Waals surface area contributed by atoms with Crippen molar-refractivity contribution in [1.29, 1.82) is 0 Å². The van der Waals surface area contributed by atoms with Crippen LogP contribution in [-0.4, -0.2) is 18.0 Å². The Morgan fingerprint density at radius 1 is 1.08 bits per heavy atom. The van der Waals surface area contributed by atoms with Gasteiger partial charge in [0.1, 0.15) is 0 Å². The molecule has 1 aromatic carbocycles. The molecule has 0 atom stereocenters. The highest BCUT2D eigenvalue weighted by Gasteiger charge is 2.18. The summed E-state index contributed by atoms with van der Waals surface area (Å²) in [5.74, 6) is 0. The fourth-order valence-electron chi connectivity index (χ4n) is 3.26. The monoisotopic (exact) mass is 341 g/mol. The van der Waals surface area contributed by atoms with E-state index in [-0.39, 0.29) is 6.54 Å². The number of nitrogens with zero attached hydrogens (tertiary/aromatic N) is 2. The lowest BCUT2D eigenvalue weighted by Crippen LogP contribution is -2.23. The summed E-state index contributed by atoms with van der Waals surface area (Å²) in [5.41, 5.74) is 4.21. The van der Waals surface area contributed by atoms with Crippen LogP contribution in [0.15, 0.2) is 53.7 Å². The van der Waals surface area contributed by atoms with E-state index in [2.05, 4.69) is 9.82 Å². The first-order valence-corrected chi connectivity index (χ1v) is 9.64. The fraction of sp³-hybridized carbons (Fsp3) is 0.278. The molecule has 0 unspecified atom stereocenters. The van der Waals surface area contributed by atoms with Crippen LogP contribution in [0, 0.1) is 0 Å². The standard InChI is InChI=1S/C18H19N3O2S/c22-24(23,17-9-8-14-5-1-2-6-15(14)11-17)20-13-16-12-19-21-10-4-3-7-18(16)21/h3-4,7-12,20H,1-2,5-6,13H2. The van der Waals surface area contributed by atoms with Gasteiger partial charge < -0.3 is 0 Å². The summed E-state index contributed by atoms with van der Waals surface area (Å²) in [6.45, 7) is 0.229. The van der Waals surface area contributed by atoms with Gasteiger partial charge in [0.15, 0.2) is 0 Å². The number of aryl methyl sites for hydroxylation is 2. The average molecular weight is 341 g/mol. The number of aromatic nitrogens is 2. The summed E-state index contributed by atoms with van der Waals surface area (Å²) >= 11 is 0. The Balaban J connectivity index is 1.57. The maximum absolute atomic E-state index is 12.6. The van der Waals surface area contributed by atoms with Crippen LogP contribution >= 0.6 is 0 Å². The average Bonchev–Trinajstić information content (AvgIpc) is 3.03. The van der Waals surface area contributed by atoms with Crippen LogP contribution < -0.4 is 4.72 Å². The van der Waals surface area contributed by atoms with E-state index >= 15 is 0 Å². The largest absolute Gasteiger partial charge is 0.241 e. The van der Waals surface area contributed by atoms with Crippen molar-refractivity contribution >= 4 is 15.5 Å². The van der Waals surface area contributed by atoms with Crippen molar-refractivity contribution in [3.05, 3.63) is 65.5 Å². The molecule has 24 heavy (non-hydrogen) atoms. The van der Waals surface area contributed by atoms with Crippen molar-refractivity contribution in [3.63, 3.8) is 0 Å². The van der Waals surface area contributed by atoms with Crippen LogP contribution in [0.4, 0.5) is 0 Å². The summed E-state index contributed by atoms with van der Waals surface area (Å²) in [7, 11) is -3.53. The van der Waals surface area contributed by atoms with E-state index in [9.17, 15) is 8.42 Å². The molecule has 2 heterocycles. The van der Waals surface area contributed by atoms with Gasteiger partial charge in [0.25, 0.3) is 0 Å². The molecule has 0 aliphatic heterocycles. The molecule has 6 heteroatoms. The molecule has 1 aliphatic rings. The van der Waals surface area contributed by atoms with Crippen molar-refractivity contribution < 1.29 is 8.42 Å². The summed E-state index contributed by atoms with van der Waals surface area (Å²) in [6.07, 6.45) is 7.87. The first-order valence-electron chi connectivity index (χ1n) is 8.16. The quantitative estimate of drug-likeness (QED) is 0.793. The second kappa shape index (κ2) is 6.03. The van der Waals surface area contributed by atoms with E-state index in [0.29, 0.717) is 4.90 Å². The van der Waals surface area contributed by atoms with E-state index in [1.165, 1.54) is 17.5 Å². The molecule has 3 aromatic rings. The van der Waals surface area contributed by atoms with Crippen LogP contribution in [0.1, 0.15) is 29.5 Å². The highest BCUT2D eigenvalue weighted by Crippen LogP contribution is 2.24. The van der Waals surface area contributed by atoms with Gasteiger partial charge in [-0.25, -0.2) is 17.7 Å². The second-order valence-corrected chi connectivity index (χ2v) is 7.93. The van der Waals surface area contributed by atoms with Gasteiger partial charge in [-0.3, -0.25) is 0 Å². The zero-order chi connectivity index (χ0) is 16.6. The second-order valence-electron chi connectivity index (χ2n) is 6.16. The summed E-state index contributed by atoms with van der Waals surface area (Å²) < 4.78 is 29.7. The number of hydrogen-bond donors (Lipinski definition) is 1. The predicted molar refractivity (Wildman–Crippen MR) is 92.3 cm³/mol. The van der Waals surface area contributed by atoms with Gasteiger partial charge >= 0.3 is 0 Å². The van der Waals surface area contributed by atoms with Crippen molar-refractivity contribution in [2.24, 2.45) is 0 Å². The SMILES string of the molecule is O=S(=O)(NCc1cnn2ccccc12)c1ccc2c(c1)CCCC2. The minimum absolute atomic E-state index is 0.229. The molecule has 0 amide bonds. The Kier molecular flexibility index (Phi) is 3.86. The molecule has 0 bridgehead atoms. The zero-order valence-corrected chi connectivity index (χ0v) is 14.1. The lowest BCUT2D eigenvalue weighted by molar-refractivity contribution is 0.581. The Morgan fingerprint density at radius 2 is 1.92 bits per heavy atom. The molecule has 0 radical (unpaired) electrons. The van der Waals surface area contributed by atoms with Crippen LogP contribution in [0.25, 0.3) is 5.52 Å².